The fourth-order valence-corrected chi connectivity index (χ4v) is 3.38. The van der Waals surface area contributed by atoms with Crippen LogP contribution in [0.3, 0.4) is 0 Å². The first-order chi connectivity index (χ1) is 10.7. The predicted octanol–water partition coefficient (Wildman–Crippen LogP) is 4.36. The van der Waals surface area contributed by atoms with Crippen molar-refractivity contribution in [3.63, 3.8) is 0 Å². The van der Waals surface area contributed by atoms with Crippen LogP contribution in [-0.2, 0) is 4.74 Å². The van der Waals surface area contributed by atoms with Crippen molar-refractivity contribution >= 4 is 22.0 Å². The summed E-state index contributed by atoms with van der Waals surface area (Å²) in [5.41, 5.74) is 0.822. The Labute approximate surface area is 147 Å². The van der Waals surface area contributed by atoms with Crippen LogP contribution in [0.25, 0.3) is 0 Å². The molecule has 5 heteroatoms. The van der Waals surface area contributed by atoms with Crippen LogP contribution in [0.2, 0.25) is 0 Å². The van der Waals surface area contributed by atoms with Gasteiger partial charge in [-0.2, -0.15) is 0 Å². The minimum atomic E-state index is -0.430. The van der Waals surface area contributed by atoms with Gasteiger partial charge in [0.2, 0.25) is 0 Å². The Balaban J connectivity index is 1.81. The molecular formula is C18H27BrN2O2. The number of halogens is 1. The largest absolute Gasteiger partial charge is 0.444 e. The van der Waals surface area contributed by atoms with E-state index in [1.807, 2.05) is 26.8 Å². The molecule has 1 aliphatic rings. The SMILES string of the molecule is C[C@H](N[C@H](C)C1CN(C(=O)OC(C)(C)C)C1)c1ccccc1Br. The van der Waals surface area contributed by atoms with E-state index in [-0.39, 0.29) is 12.1 Å². The molecular weight excluding hydrogens is 356 g/mol. The van der Waals surface area contributed by atoms with E-state index in [1.165, 1.54) is 5.56 Å². The number of hydrogen-bond donors (Lipinski definition) is 1. The van der Waals surface area contributed by atoms with Crippen LogP contribution >= 0.6 is 15.9 Å². The minimum Gasteiger partial charge on any atom is -0.444 e. The zero-order valence-electron chi connectivity index (χ0n) is 14.6. The molecule has 2 atom stereocenters. The van der Waals surface area contributed by atoms with Crippen molar-refractivity contribution in [2.75, 3.05) is 13.1 Å². The number of amides is 1. The fourth-order valence-electron chi connectivity index (χ4n) is 2.75. The number of benzene rings is 1. The van der Waals surface area contributed by atoms with Gasteiger partial charge in [0.25, 0.3) is 0 Å². The molecule has 0 spiro atoms. The van der Waals surface area contributed by atoms with Gasteiger partial charge in [0, 0.05) is 35.6 Å². The van der Waals surface area contributed by atoms with Crippen LogP contribution in [0, 0.1) is 5.92 Å². The first-order valence-corrected chi connectivity index (χ1v) is 8.95. The Hall–Kier alpha value is -1.07. The zero-order valence-corrected chi connectivity index (χ0v) is 16.2. The van der Waals surface area contributed by atoms with Gasteiger partial charge >= 0.3 is 6.09 Å². The van der Waals surface area contributed by atoms with Gasteiger partial charge in [-0.1, -0.05) is 34.1 Å². The van der Waals surface area contributed by atoms with Gasteiger partial charge in [0.05, 0.1) is 0 Å². The lowest BCUT2D eigenvalue weighted by molar-refractivity contribution is -0.00622. The molecule has 0 radical (unpaired) electrons. The highest BCUT2D eigenvalue weighted by Crippen LogP contribution is 2.26. The van der Waals surface area contributed by atoms with Gasteiger partial charge in [-0.15, -0.1) is 0 Å². The summed E-state index contributed by atoms with van der Waals surface area (Å²) in [7, 11) is 0. The molecule has 0 aliphatic carbocycles. The quantitative estimate of drug-likeness (QED) is 0.840. The van der Waals surface area contributed by atoms with E-state index in [0.717, 1.165) is 17.6 Å². The second-order valence-corrected chi connectivity index (χ2v) is 8.20. The lowest BCUT2D eigenvalue weighted by Crippen LogP contribution is -2.57. The highest BCUT2D eigenvalue weighted by Gasteiger charge is 2.36. The molecule has 1 aromatic carbocycles. The first kappa shape index (κ1) is 18.3. The smallest absolute Gasteiger partial charge is 0.410 e. The van der Waals surface area contributed by atoms with Gasteiger partial charge in [-0.05, 0) is 46.2 Å². The molecule has 1 N–H and O–H groups in total. The Morgan fingerprint density at radius 1 is 1.30 bits per heavy atom. The lowest BCUT2D eigenvalue weighted by Gasteiger charge is -2.43. The van der Waals surface area contributed by atoms with Crippen molar-refractivity contribution in [3.8, 4) is 0 Å². The van der Waals surface area contributed by atoms with Gasteiger partial charge < -0.3 is 15.0 Å². The number of carbonyl (C=O) groups excluding carboxylic acids is 1. The summed E-state index contributed by atoms with van der Waals surface area (Å²) in [5.74, 6) is 0.465. The molecule has 0 saturated carbocycles. The molecule has 1 heterocycles. The van der Waals surface area contributed by atoms with Crippen LogP contribution in [0.5, 0.6) is 0 Å². The summed E-state index contributed by atoms with van der Waals surface area (Å²) in [6, 6.07) is 8.87. The van der Waals surface area contributed by atoms with E-state index in [9.17, 15) is 4.79 Å². The number of likely N-dealkylation sites (tertiary alicyclic amines) is 1. The van der Waals surface area contributed by atoms with Crippen molar-refractivity contribution in [1.82, 2.24) is 10.2 Å². The van der Waals surface area contributed by atoms with Crippen molar-refractivity contribution < 1.29 is 9.53 Å². The van der Waals surface area contributed by atoms with E-state index in [0.29, 0.717) is 12.0 Å². The maximum Gasteiger partial charge on any atom is 0.410 e. The van der Waals surface area contributed by atoms with Crippen LogP contribution in [-0.4, -0.2) is 35.7 Å². The van der Waals surface area contributed by atoms with Crippen molar-refractivity contribution in [3.05, 3.63) is 34.3 Å². The Kier molecular flexibility index (Phi) is 5.74. The van der Waals surface area contributed by atoms with Gasteiger partial charge in [-0.3, -0.25) is 0 Å². The second kappa shape index (κ2) is 7.22. The average molecular weight is 383 g/mol. The standard InChI is InChI=1S/C18H27BrN2O2/c1-12(20-13(2)15-8-6-7-9-16(15)19)14-10-21(11-14)17(22)23-18(3,4)5/h6-9,12-14,20H,10-11H2,1-5H3/t12-,13+/m1/s1. The van der Waals surface area contributed by atoms with Crippen molar-refractivity contribution in [2.24, 2.45) is 5.92 Å². The molecule has 1 aromatic rings. The number of carbonyl (C=O) groups is 1. The first-order valence-electron chi connectivity index (χ1n) is 8.16. The summed E-state index contributed by atoms with van der Waals surface area (Å²) >= 11 is 3.60. The van der Waals surface area contributed by atoms with Crippen LogP contribution < -0.4 is 5.32 Å². The molecule has 1 aliphatic heterocycles. The molecule has 1 amide bonds. The minimum absolute atomic E-state index is 0.209. The highest BCUT2D eigenvalue weighted by molar-refractivity contribution is 9.10. The summed E-state index contributed by atoms with van der Waals surface area (Å²) in [4.78, 5) is 13.7. The molecule has 128 valence electrons. The Morgan fingerprint density at radius 2 is 1.91 bits per heavy atom. The van der Waals surface area contributed by atoms with Gasteiger partial charge in [0.15, 0.2) is 0 Å². The van der Waals surface area contributed by atoms with E-state index in [2.05, 4.69) is 53.3 Å². The zero-order chi connectivity index (χ0) is 17.2. The molecule has 2 rings (SSSR count). The van der Waals surface area contributed by atoms with E-state index >= 15 is 0 Å². The number of rotatable bonds is 4. The van der Waals surface area contributed by atoms with Crippen LogP contribution in [0.4, 0.5) is 4.79 Å². The Morgan fingerprint density at radius 3 is 2.48 bits per heavy atom. The van der Waals surface area contributed by atoms with E-state index in [4.69, 9.17) is 4.74 Å². The highest BCUT2D eigenvalue weighted by atomic mass is 79.9. The number of nitrogens with one attached hydrogen (secondary N) is 1. The molecule has 0 bridgehead atoms. The molecule has 0 aromatic heterocycles. The van der Waals surface area contributed by atoms with Crippen LogP contribution in [0.1, 0.15) is 46.2 Å². The summed E-state index contributed by atoms with van der Waals surface area (Å²) in [5, 5.41) is 3.64. The van der Waals surface area contributed by atoms with Gasteiger partial charge in [0.1, 0.15) is 5.60 Å². The third-order valence-electron chi connectivity index (χ3n) is 4.15. The van der Waals surface area contributed by atoms with E-state index < -0.39 is 5.60 Å². The molecule has 1 saturated heterocycles. The average Bonchev–Trinajstić information content (AvgIpc) is 2.34. The van der Waals surface area contributed by atoms with Crippen molar-refractivity contribution in [2.45, 2.75) is 52.3 Å². The summed E-state index contributed by atoms with van der Waals surface area (Å²) in [6.45, 7) is 11.5. The summed E-state index contributed by atoms with van der Waals surface area (Å²) in [6.07, 6.45) is -0.209. The second-order valence-electron chi connectivity index (χ2n) is 7.34. The normalized spacial score (nSPS) is 18.3. The molecule has 23 heavy (non-hydrogen) atoms. The fraction of sp³-hybridized carbons (Fsp3) is 0.611. The van der Waals surface area contributed by atoms with Crippen LogP contribution in [0.15, 0.2) is 28.7 Å². The third kappa shape index (κ3) is 4.95. The number of hydrogen-bond acceptors (Lipinski definition) is 3. The molecule has 0 unspecified atom stereocenters. The monoisotopic (exact) mass is 382 g/mol. The molecule has 4 nitrogen and oxygen atoms in total. The van der Waals surface area contributed by atoms with Gasteiger partial charge in [-0.25, -0.2) is 4.79 Å². The van der Waals surface area contributed by atoms with E-state index in [1.54, 1.807) is 4.90 Å². The summed E-state index contributed by atoms with van der Waals surface area (Å²) < 4.78 is 6.52. The number of nitrogens with zero attached hydrogens (tertiary/aromatic N) is 1. The predicted molar refractivity (Wildman–Crippen MR) is 96.5 cm³/mol. The topological polar surface area (TPSA) is 41.6 Å². The molecule has 1 fully saturated rings. The number of ether oxygens (including phenoxy) is 1. The third-order valence-corrected chi connectivity index (χ3v) is 4.88. The lowest BCUT2D eigenvalue weighted by atomic mass is 9.92. The maximum absolute atomic E-state index is 12.0. The maximum atomic E-state index is 12.0. The van der Waals surface area contributed by atoms with Crippen molar-refractivity contribution in [1.29, 1.82) is 0 Å². The Bertz CT molecular complexity index is 550.